The second kappa shape index (κ2) is 5.87. The maximum Gasteiger partial charge on any atom is 0.524 e. The van der Waals surface area contributed by atoms with Gasteiger partial charge >= 0.3 is 7.82 Å². The quantitative estimate of drug-likeness (QED) is 0.711. The van der Waals surface area contributed by atoms with Gasteiger partial charge in [-0.1, -0.05) is 6.07 Å². The maximum atomic E-state index is 11.1. The van der Waals surface area contributed by atoms with Crippen molar-refractivity contribution in [3.05, 3.63) is 28.4 Å². The monoisotopic (exact) mass is 362 g/mol. The third-order valence-corrected chi connectivity index (χ3v) is 3.98. The molecule has 0 bridgehead atoms. The molecule has 1 aromatic heterocycles. The van der Waals surface area contributed by atoms with Gasteiger partial charge in [0, 0.05) is 11.9 Å². The van der Waals surface area contributed by atoms with E-state index >= 15 is 0 Å². The minimum Gasteiger partial charge on any atom is -0.404 e. The van der Waals surface area contributed by atoms with Crippen molar-refractivity contribution in [3.8, 4) is 5.75 Å². The fourth-order valence-corrected chi connectivity index (χ4v) is 3.04. The first-order valence-corrected chi connectivity index (χ1v) is 8.29. The van der Waals surface area contributed by atoms with E-state index in [1.807, 2.05) is 25.1 Å². The van der Waals surface area contributed by atoms with Crippen LogP contribution in [0, 0.1) is 0 Å². The Hall–Kier alpha value is -0.850. The van der Waals surface area contributed by atoms with Crippen molar-refractivity contribution in [2.45, 2.75) is 6.42 Å². The van der Waals surface area contributed by atoms with E-state index in [1.54, 1.807) is 12.1 Å². The zero-order chi connectivity index (χ0) is 14.9. The van der Waals surface area contributed by atoms with E-state index < -0.39 is 7.82 Å². The standard InChI is InChI=1S/C12H16BrN2O4P/c1-15(2)7-6-8-11-9(14-12(8)13)4-3-5-10(11)19-20(16,17)18/h3-5,14H,6-7H2,1-2H3,(H2,16,17,18). The van der Waals surface area contributed by atoms with Gasteiger partial charge in [-0.15, -0.1) is 0 Å². The van der Waals surface area contributed by atoms with Crippen molar-refractivity contribution >= 4 is 34.7 Å². The Bertz CT molecular complexity index is 665. The van der Waals surface area contributed by atoms with Crippen LogP contribution in [0.5, 0.6) is 5.75 Å². The summed E-state index contributed by atoms with van der Waals surface area (Å²) in [4.78, 5) is 23.2. The van der Waals surface area contributed by atoms with Gasteiger partial charge in [-0.3, -0.25) is 9.79 Å². The predicted molar refractivity (Wildman–Crippen MR) is 80.9 cm³/mol. The van der Waals surface area contributed by atoms with Crippen LogP contribution in [0.15, 0.2) is 22.8 Å². The molecule has 2 rings (SSSR count). The highest BCUT2D eigenvalue weighted by atomic mass is 79.9. The number of H-pyrrole nitrogens is 1. The molecule has 0 atom stereocenters. The van der Waals surface area contributed by atoms with Crippen LogP contribution in [0.25, 0.3) is 10.9 Å². The molecule has 0 aliphatic heterocycles. The van der Waals surface area contributed by atoms with Crippen molar-refractivity contribution in [1.29, 1.82) is 0 Å². The molecule has 8 heteroatoms. The molecule has 2 aromatic rings. The zero-order valence-corrected chi connectivity index (χ0v) is 13.6. The number of halogens is 1. The van der Waals surface area contributed by atoms with Gasteiger partial charge in [0.15, 0.2) is 0 Å². The summed E-state index contributed by atoms with van der Waals surface area (Å²) in [6, 6.07) is 5.08. The molecule has 110 valence electrons. The predicted octanol–water partition coefficient (Wildman–Crippen LogP) is 2.51. The normalized spacial score (nSPS) is 12.3. The van der Waals surface area contributed by atoms with Gasteiger partial charge in [0.2, 0.25) is 0 Å². The maximum absolute atomic E-state index is 11.1. The van der Waals surface area contributed by atoms with Crippen molar-refractivity contribution < 1.29 is 18.9 Å². The lowest BCUT2D eigenvalue weighted by atomic mass is 10.1. The van der Waals surface area contributed by atoms with Crippen molar-refractivity contribution in [2.75, 3.05) is 20.6 Å². The molecular weight excluding hydrogens is 347 g/mol. The summed E-state index contributed by atoms with van der Waals surface area (Å²) in [6.07, 6.45) is 0.731. The molecule has 0 saturated heterocycles. The molecule has 0 unspecified atom stereocenters. The first-order valence-electron chi connectivity index (χ1n) is 5.97. The molecule has 1 heterocycles. The summed E-state index contributed by atoms with van der Waals surface area (Å²) in [7, 11) is -0.644. The highest BCUT2D eigenvalue weighted by Crippen LogP contribution is 2.43. The van der Waals surface area contributed by atoms with Crippen LogP contribution in [0.4, 0.5) is 0 Å². The Balaban J connectivity index is 2.50. The summed E-state index contributed by atoms with van der Waals surface area (Å²) in [5.41, 5.74) is 1.72. The highest BCUT2D eigenvalue weighted by Gasteiger charge is 2.21. The topological polar surface area (TPSA) is 85.8 Å². The van der Waals surface area contributed by atoms with Gasteiger partial charge in [0.1, 0.15) is 5.75 Å². The van der Waals surface area contributed by atoms with Crippen LogP contribution in [0.3, 0.4) is 0 Å². The molecule has 0 aliphatic carbocycles. The van der Waals surface area contributed by atoms with Gasteiger partial charge in [-0.25, -0.2) is 4.57 Å². The first-order chi connectivity index (χ1) is 9.28. The van der Waals surface area contributed by atoms with E-state index in [2.05, 4.69) is 20.9 Å². The summed E-state index contributed by atoms with van der Waals surface area (Å²) in [5.74, 6) is 0.187. The van der Waals surface area contributed by atoms with Crippen molar-refractivity contribution in [2.24, 2.45) is 0 Å². The average Bonchev–Trinajstić information content (AvgIpc) is 2.61. The number of phosphoric ester groups is 1. The van der Waals surface area contributed by atoms with Crippen LogP contribution in [-0.2, 0) is 11.0 Å². The summed E-state index contributed by atoms with van der Waals surface area (Å²) in [5, 5.41) is 0.699. The number of likely N-dealkylation sites (N-methyl/N-ethyl adjacent to an activating group) is 1. The Kier molecular flexibility index (Phi) is 4.56. The molecule has 0 spiro atoms. The third kappa shape index (κ3) is 3.62. The van der Waals surface area contributed by atoms with E-state index in [4.69, 9.17) is 14.3 Å². The highest BCUT2D eigenvalue weighted by molar-refractivity contribution is 9.10. The minimum absolute atomic E-state index is 0.187. The smallest absolute Gasteiger partial charge is 0.404 e. The summed E-state index contributed by atoms with van der Waals surface area (Å²) < 4.78 is 16.7. The Labute approximate surface area is 125 Å². The van der Waals surface area contributed by atoms with Gasteiger partial charge in [0.25, 0.3) is 0 Å². The number of phosphoric acid groups is 1. The van der Waals surface area contributed by atoms with E-state index in [1.165, 1.54) is 0 Å². The number of nitrogens with one attached hydrogen (secondary N) is 1. The van der Waals surface area contributed by atoms with Crippen LogP contribution in [0.2, 0.25) is 0 Å². The number of aromatic amines is 1. The van der Waals surface area contributed by atoms with E-state index in [9.17, 15) is 4.57 Å². The van der Waals surface area contributed by atoms with E-state index in [-0.39, 0.29) is 5.75 Å². The molecular formula is C12H16BrN2O4P. The van der Waals surface area contributed by atoms with Gasteiger partial charge in [0.05, 0.1) is 10.1 Å². The largest absolute Gasteiger partial charge is 0.524 e. The lowest BCUT2D eigenvalue weighted by Gasteiger charge is -2.11. The van der Waals surface area contributed by atoms with Gasteiger partial charge in [-0.2, -0.15) is 0 Å². The summed E-state index contributed by atoms with van der Waals surface area (Å²) in [6.45, 7) is 0.815. The number of hydrogen-bond donors (Lipinski definition) is 3. The second-order valence-corrected chi connectivity index (χ2v) is 6.69. The molecule has 1 aromatic carbocycles. The fourth-order valence-electron chi connectivity index (χ4n) is 2.02. The molecule has 0 saturated carbocycles. The average molecular weight is 363 g/mol. The Morgan fingerprint density at radius 1 is 1.40 bits per heavy atom. The molecule has 6 nitrogen and oxygen atoms in total. The molecule has 0 radical (unpaired) electrons. The minimum atomic E-state index is -4.58. The van der Waals surface area contributed by atoms with E-state index in [0.29, 0.717) is 5.39 Å². The van der Waals surface area contributed by atoms with E-state index in [0.717, 1.165) is 28.6 Å². The molecule has 20 heavy (non-hydrogen) atoms. The van der Waals surface area contributed by atoms with Crippen molar-refractivity contribution in [3.63, 3.8) is 0 Å². The van der Waals surface area contributed by atoms with Crippen LogP contribution in [-0.4, -0.2) is 40.3 Å². The number of benzene rings is 1. The second-order valence-electron chi connectivity index (χ2n) is 4.73. The molecule has 0 aliphatic rings. The van der Waals surface area contributed by atoms with Gasteiger partial charge < -0.3 is 14.4 Å². The molecule has 0 amide bonds. The number of rotatable bonds is 5. The van der Waals surface area contributed by atoms with Gasteiger partial charge in [-0.05, 0) is 54.1 Å². The first kappa shape index (κ1) is 15.5. The number of fused-ring (bicyclic) bond motifs is 1. The summed E-state index contributed by atoms with van der Waals surface area (Å²) >= 11 is 3.45. The lowest BCUT2D eigenvalue weighted by Crippen LogP contribution is -2.15. The Morgan fingerprint density at radius 3 is 2.70 bits per heavy atom. The van der Waals surface area contributed by atoms with Crippen molar-refractivity contribution in [1.82, 2.24) is 9.88 Å². The molecule has 3 N–H and O–H groups in total. The van der Waals surface area contributed by atoms with Crippen LogP contribution in [0.1, 0.15) is 5.56 Å². The number of nitrogens with zero attached hydrogens (tertiary/aromatic N) is 1. The Morgan fingerprint density at radius 2 is 2.10 bits per heavy atom. The van der Waals surface area contributed by atoms with Crippen LogP contribution >= 0.6 is 23.8 Å². The lowest BCUT2D eigenvalue weighted by molar-refractivity contribution is 0.284. The fraction of sp³-hybridized carbons (Fsp3) is 0.333. The third-order valence-electron chi connectivity index (χ3n) is 2.86. The number of hydrogen-bond acceptors (Lipinski definition) is 3. The zero-order valence-electron chi connectivity index (χ0n) is 11.1. The molecule has 0 fully saturated rings. The van der Waals surface area contributed by atoms with Crippen LogP contribution < -0.4 is 4.52 Å². The SMILES string of the molecule is CN(C)CCc1c(Br)[nH]c2cccc(OP(=O)(O)O)c12. The number of aromatic nitrogens is 1.